The Labute approximate surface area is 201 Å². The molecule has 0 aliphatic carbocycles. The summed E-state index contributed by atoms with van der Waals surface area (Å²) in [5, 5.41) is 6.57. The van der Waals surface area contributed by atoms with Crippen LogP contribution >= 0.6 is 0 Å². The topological polar surface area (TPSA) is 73.9 Å². The van der Waals surface area contributed by atoms with Gasteiger partial charge in [0.15, 0.2) is 0 Å². The highest BCUT2D eigenvalue weighted by molar-refractivity contribution is 6.02. The van der Waals surface area contributed by atoms with Crippen molar-refractivity contribution in [2.75, 3.05) is 36.5 Å². The van der Waals surface area contributed by atoms with Crippen LogP contribution in [0.5, 0.6) is 0 Å². The lowest BCUT2D eigenvalue weighted by Crippen LogP contribution is -2.52. The maximum absolute atomic E-state index is 13.5. The number of anilines is 2. The molecule has 2 amide bonds. The molecule has 2 aliphatic rings. The van der Waals surface area contributed by atoms with Gasteiger partial charge in [0.1, 0.15) is 6.10 Å². The summed E-state index contributed by atoms with van der Waals surface area (Å²) in [6, 6.07) is 13.9. The third-order valence-electron chi connectivity index (χ3n) is 6.66. The molecule has 2 N–H and O–H groups in total. The zero-order chi connectivity index (χ0) is 24.2. The lowest BCUT2D eigenvalue weighted by molar-refractivity contribution is -0.117. The van der Waals surface area contributed by atoms with Crippen LogP contribution in [0.1, 0.15) is 49.0 Å². The van der Waals surface area contributed by atoms with Crippen molar-refractivity contribution in [2.45, 2.75) is 44.9 Å². The van der Waals surface area contributed by atoms with Gasteiger partial charge >= 0.3 is 6.09 Å². The Bertz CT molecular complexity index is 1070. The zero-order valence-electron chi connectivity index (χ0n) is 20.2. The number of carbonyl (C=O) groups is 2. The van der Waals surface area contributed by atoms with Gasteiger partial charge < -0.3 is 20.3 Å². The number of allylic oxidation sites excluding steroid dienone is 1. The molecular weight excluding hydrogens is 428 g/mol. The second-order valence-corrected chi connectivity index (χ2v) is 9.08. The van der Waals surface area contributed by atoms with E-state index in [2.05, 4.69) is 23.3 Å². The Morgan fingerprint density at radius 3 is 2.79 bits per heavy atom. The number of amides is 2. The minimum absolute atomic E-state index is 0.0437. The average molecular weight is 463 g/mol. The van der Waals surface area contributed by atoms with Gasteiger partial charge in [0.25, 0.3) is 0 Å². The Balaban J connectivity index is 1.68. The summed E-state index contributed by atoms with van der Waals surface area (Å²) in [4.78, 5) is 29.5. The quantitative estimate of drug-likeness (QED) is 0.632. The highest BCUT2D eigenvalue weighted by Crippen LogP contribution is 2.39. The molecule has 4 rings (SSSR count). The number of ether oxygens (including phenoxy) is 1. The third-order valence-corrected chi connectivity index (χ3v) is 6.66. The molecule has 3 atom stereocenters. The molecule has 2 heterocycles. The fraction of sp³-hybridized carbons (Fsp3) is 0.407. The van der Waals surface area contributed by atoms with E-state index >= 15 is 0 Å². The van der Waals surface area contributed by atoms with Crippen LogP contribution in [0.15, 0.2) is 55.1 Å². The molecule has 0 aromatic heterocycles. The number of nitrogens with zero attached hydrogens (tertiary/aromatic N) is 2. The van der Waals surface area contributed by atoms with Crippen LogP contribution in [0.4, 0.5) is 16.2 Å². The van der Waals surface area contributed by atoms with Crippen LogP contribution in [-0.4, -0.2) is 44.7 Å². The first-order valence-electron chi connectivity index (χ1n) is 11.9. The van der Waals surface area contributed by atoms with E-state index in [-0.39, 0.29) is 24.0 Å². The van der Waals surface area contributed by atoms with Crippen molar-refractivity contribution in [2.24, 2.45) is 0 Å². The normalized spacial score (nSPS) is 20.2. The van der Waals surface area contributed by atoms with Gasteiger partial charge in [-0.1, -0.05) is 36.4 Å². The van der Waals surface area contributed by atoms with E-state index in [4.69, 9.17) is 4.74 Å². The molecule has 2 aromatic rings. The fourth-order valence-corrected chi connectivity index (χ4v) is 5.08. The molecule has 2 aliphatic heterocycles. The number of rotatable bonds is 6. The largest absolute Gasteiger partial charge is 0.440 e. The Morgan fingerprint density at radius 1 is 1.26 bits per heavy atom. The van der Waals surface area contributed by atoms with Gasteiger partial charge in [-0.25, -0.2) is 4.79 Å². The van der Waals surface area contributed by atoms with E-state index in [1.807, 2.05) is 56.4 Å². The summed E-state index contributed by atoms with van der Waals surface area (Å²) in [5.41, 5.74) is 4.71. The average Bonchev–Trinajstić information content (AvgIpc) is 2.83. The third kappa shape index (κ3) is 4.72. The highest BCUT2D eigenvalue weighted by atomic mass is 16.6. The van der Waals surface area contributed by atoms with Crippen molar-refractivity contribution in [3.63, 3.8) is 0 Å². The molecule has 3 unspecified atom stereocenters. The van der Waals surface area contributed by atoms with Crippen LogP contribution in [0.2, 0.25) is 0 Å². The maximum atomic E-state index is 13.5. The summed E-state index contributed by atoms with van der Waals surface area (Å²) >= 11 is 0. The van der Waals surface area contributed by atoms with Gasteiger partial charge in [0.2, 0.25) is 5.91 Å². The van der Waals surface area contributed by atoms with Crippen LogP contribution < -0.4 is 20.4 Å². The molecule has 0 radical (unpaired) electrons. The van der Waals surface area contributed by atoms with Gasteiger partial charge in [-0.2, -0.15) is 0 Å². The highest BCUT2D eigenvalue weighted by Gasteiger charge is 2.36. The second-order valence-electron chi connectivity index (χ2n) is 9.08. The monoisotopic (exact) mass is 462 g/mol. The van der Waals surface area contributed by atoms with Gasteiger partial charge in [-0.15, -0.1) is 6.58 Å². The number of benzene rings is 2. The first-order chi connectivity index (χ1) is 16.4. The van der Waals surface area contributed by atoms with Crippen molar-refractivity contribution < 1.29 is 14.3 Å². The molecule has 0 bridgehead atoms. The fourth-order valence-electron chi connectivity index (χ4n) is 5.08. The Hall–Kier alpha value is -3.16. The van der Waals surface area contributed by atoms with E-state index < -0.39 is 6.09 Å². The van der Waals surface area contributed by atoms with E-state index in [0.29, 0.717) is 18.8 Å². The van der Waals surface area contributed by atoms with Gasteiger partial charge in [0.05, 0.1) is 17.4 Å². The summed E-state index contributed by atoms with van der Waals surface area (Å²) < 4.78 is 6.05. The van der Waals surface area contributed by atoms with Gasteiger partial charge in [-0.3, -0.25) is 9.69 Å². The van der Waals surface area contributed by atoms with Crippen molar-refractivity contribution in [1.29, 1.82) is 0 Å². The first-order valence-corrected chi connectivity index (χ1v) is 11.9. The second kappa shape index (κ2) is 10.4. The molecular formula is C27H34N4O3. The number of carbonyl (C=O) groups excluding carboxylic acids is 2. The molecule has 0 fully saturated rings. The molecule has 0 spiro atoms. The summed E-state index contributed by atoms with van der Waals surface area (Å²) in [7, 11) is 1.92. The molecule has 0 saturated heterocycles. The zero-order valence-corrected chi connectivity index (χ0v) is 20.2. The molecule has 0 saturated carbocycles. The number of nitrogens with one attached hydrogen (secondary N) is 2. The van der Waals surface area contributed by atoms with Crippen molar-refractivity contribution >= 4 is 23.4 Å². The molecule has 2 aromatic carbocycles. The number of hydrogen-bond acceptors (Lipinski definition) is 5. The maximum Gasteiger partial charge on any atom is 0.415 e. The standard InChI is InChI=1S/C27H34N4O3/c1-5-8-21(14-28-4)20-11-12-24-25(13-20)30(17-18(2)31(24)19(3)32)27(33)34-26-16-29-15-22-9-6-7-10-23(22)26/h5-7,9-13,18,21,26,28-29H,1,8,14-17H2,2-4H3. The molecule has 180 valence electrons. The number of likely N-dealkylation sites (N-methyl/N-ethyl adjacent to an activating group) is 1. The van der Waals surface area contributed by atoms with Crippen LogP contribution in [0.3, 0.4) is 0 Å². The Morgan fingerprint density at radius 2 is 2.06 bits per heavy atom. The summed E-state index contributed by atoms with van der Waals surface area (Å²) in [6.45, 7) is 9.91. The molecule has 34 heavy (non-hydrogen) atoms. The SMILES string of the molecule is C=CCC(CNC)c1ccc2c(c1)N(C(=O)OC1CNCc3ccccc31)CC(C)N2C(C)=O. The summed E-state index contributed by atoms with van der Waals surface area (Å²) in [5.74, 6) is 0.169. The van der Waals surface area contributed by atoms with Crippen molar-refractivity contribution in [1.82, 2.24) is 10.6 Å². The van der Waals surface area contributed by atoms with E-state index in [1.165, 1.54) is 0 Å². The van der Waals surface area contributed by atoms with Crippen molar-refractivity contribution in [3.05, 3.63) is 71.8 Å². The van der Waals surface area contributed by atoms with Crippen molar-refractivity contribution in [3.8, 4) is 0 Å². The minimum atomic E-state index is -0.397. The van der Waals surface area contributed by atoms with E-state index in [1.54, 1.807) is 16.7 Å². The smallest absolute Gasteiger partial charge is 0.415 e. The van der Waals surface area contributed by atoms with Crippen LogP contribution in [0, 0.1) is 0 Å². The van der Waals surface area contributed by atoms with Crippen LogP contribution in [0.25, 0.3) is 0 Å². The number of hydrogen-bond donors (Lipinski definition) is 2. The molecule has 7 nitrogen and oxygen atoms in total. The predicted octanol–water partition coefficient (Wildman–Crippen LogP) is 4.11. The Kier molecular flexibility index (Phi) is 7.34. The number of fused-ring (bicyclic) bond motifs is 2. The lowest BCUT2D eigenvalue weighted by Gasteiger charge is -2.41. The minimum Gasteiger partial charge on any atom is -0.440 e. The van der Waals surface area contributed by atoms with Gasteiger partial charge in [0, 0.05) is 33.1 Å². The van der Waals surface area contributed by atoms with E-state index in [9.17, 15) is 9.59 Å². The lowest BCUT2D eigenvalue weighted by atomic mass is 9.93. The molecule has 7 heteroatoms. The van der Waals surface area contributed by atoms with E-state index in [0.717, 1.165) is 41.9 Å². The summed E-state index contributed by atoms with van der Waals surface area (Å²) in [6.07, 6.45) is 1.96. The van der Waals surface area contributed by atoms with Gasteiger partial charge in [-0.05, 0) is 55.1 Å². The predicted molar refractivity (Wildman–Crippen MR) is 135 cm³/mol. The first kappa shape index (κ1) is 24.0. The van der Waals surface area contributed by atoms with Crippen LogP contribution in [-0.2, 0) is 16.1 Å².